The second kappa shape index (κ2) is 8.84. The molecule has 0 aliphatic rings. The van der Waals surface area contributed by atoms with Crippen molar-refractivity contribution >= 4 is 17.3 Å². The SMILES string of the molecule is CN=C(NCCc1nc(C)c(C)s1)NCC(c1ccco1)N(C)C. The highest BCUT2D eigenvalue weighted by Crippen LogP contribution is 2.18. The largest absolute Gasteiger partial charge is 0.468 e. The van der Waals surface area contributed by atoms with Gasteiger partial charge in [0.15, 0.2) is 5.96 Å². The standard InChI is InChI=1S/C17H27N5OS/c1-12-13(2)24-16(21-12)8-9-19-17(18-3)20-11-14(22(4)5)15-7-6-10-23-15/h6-7,10,14H,8-9,11H2,1-5H3,(H2,18,19,20). The third-order valence-electron chi connectivity index (χ3n) is 3.89. The molecular weight excluding hydrogens is 322 g/mol. The van der Waals surface area contributed by atoms with Crippen LogP contribution in [0.1, 0.15) is 27.4 Å². The molecule has 2 N–H and O–H groups in total. The van der Waals surface area contributed by atoms with Gasteiger partial charge >= 0.3 is 0 Å². The van der Waals surface area contributed by atoms with Crippen molar-refractivity contribution in [3.63, 3.8) is 0 Å². The Bertz CT molecular complexity index is 628. The molecule has 7 heteroatoms. The van der Waals surface area contributed by atoms with Gasteiger partial charge in [-0.1, -0.05) is 0 Å². The fraction of sp³-hybridized carbons (Fsp3) is 0.529. The van der Waals surface area contributed by atoms with E-state index in [2.05, 4.69) is 39.4 Å². The summed E-state index contributed by atoms with van der Waals surface area (Å²) in [6.45, 7) is 5.69. The smallest absolute Gasteiger partial charge is 0.191 e. The molecule has 6 nitrogen and oxygen atoms in total. The Morgan fingerprint density at radius 1 is 1.38 bits per heavy atom. The van der Waals surface area contributed by atoms with Gasteiger partial charge in [0.1, 0.15) is 5.76 Å². The Kier molecular flexibility index (Phi) is 6.81. The molecule has 1 unspecified atom stereocenters. The van der Waals surface area contributed by atoms with Crippen LogP contribution in [0.3, 0.4) is 0 Å². The molecule has 0 aliphatic heterocycles. The van der Waals surface area contributed by atoms with Gasteiger partial charge in [0.25, 0.3) is 0 Å². The topological polar surface area (TPSA) is 65.7 Å². The van der Waals surface area contributed by atoms with Crippen LogP contribution in [0.25, 0.3) is 0 Å². The van der Waals surface area contributed by atoms with Crippen LogP contribution in [-0.4, -0.2) is 50.1 Å². The summed E-state index contributed by atoms with van der Waals surface area (Å²) >= 11 is 1.76. The van der Waals surface area contributed by atoms with Crippen LogP contribution >= 0.6 is 11.3 Å². The third-order valence-corrected chi connectivity index (χ3v) is 5.02. The summed E-state index contributed by atoms with van der Waals surface area (Å²) in [4.78, 5) is 12.3. The number of aromatic nitrogens is 1. The molecule has 0 aromatic carbocycles. The van der Waals surface area contributed by atoms with Crippen molar-refractivity contribution in [1.82, 2.24) is 20.5 Å². The number of thiazole rings is 1. The molecule has 0 amide bonds. The molecule has 132 valence electrons. The first-order valence-electron chi connectivity index (χ1n) is 8.08. The molecule has 0 saturated heterocycles. The van der Waals surface area contributed by atoms with E-state index in [0.29, 0.717) is 0 Å². The van der Waals surface area contributed by atoms with E-state index < -0.39 is 0 Å². The second-order valence-corrected chi connectivity index (χ2v) is 7.16. The zero-order valence-electron chi connectivity index (χ0n) is 15.1. The number of hydrogen-bond acceptors (Lipinski definition) is 5. The molecule has 2 aromatic rings. The Morgan fingerprint density at radius 3 is 2.71 bits per heavy atom. The molecule has 24 heavy (non-hydrogen) atoms. The van der Waals surface area contributed by atoms with Gasteiger partial charge in [0.2, 0.25) is 0 Å². The summed E-state index contributed by atoms with van der Waals surface area (Å²) in [5.41, 5.74) is 1.13. The van der Waals surface area contributed by atoms with E-state index in [9.17, 15) is 0 Å². The first-order chi connectivity index (χ1) is 11.5. The number of guanidine groups is 1. The highest BCUT2D eigenvalue weighted by Gasteiger charge is 2.17. The predicted molar refractivity (Wildman–Crippen MR) is 99.8 cm³/mol. The van der Waals surface area contributed by atoms with E-state index in [-0.39, 0.29) is 6.04 Å². The van der Waals surface area contributed by atoms with E-state index in [4.69, 9.17) is 4.42 Å². The zero-order chi connectivity index (χ0) is 17.5. The molecule has 0 saturated carbocycles. The highest BCUT2D eigenvalue weighted by molar-refractivity contribution is 7.11. The van der Waals surface area contributed by atoms with Gasteiger partial charge < -0.3 is 15.1 Å². The fourth-order valence-electron chi connectivity index (χ4n) is 2.37. The molecule has 0 spiro atoms. The summed E-state index contributed by atoms with van der Waals surface area (Å²) < 4.78 is 5.53. The summed E-state index contributed by atoms with van der Waals surface area (Å²) in [7, 11) is 5.86. The van der Waals surface area contributed by atoms with Crippen LogP contribution in [0.2, 0.25) is 0 Å². The molecule has 1 atom stereocenters. The van der Waals surface area contributed by atoms with Crippen LogP contribution in [-0.2, 0) is 6.42 Å². The monoisotopic (exact) mass is 349 g/mol. The predicted octanol–water partition coefficient (Wildman–Crippen LogP) is 2.36. The number of likely N-dealkylation sites (N-methyl/N-ethyl adjacent to an activating group) is 1. The molecule has 0 radical (unpaired) electrons. The van der Waals surface area contributed by atoms with Gasteiger partial charge in [-0.2, -0.15) is 0 Å². The van der Waals surface area contributed by atoms with Gasteiger partial charge in [0, 0.05) is 31.4 Å². The number of nitrogens with zero attached hydrogens (tertiary/aromatic N) is 3. The average Bonchev–Trinajstić information content (AvgIpc) is 3.16. The molecule has 2 rings (SSSR count). The first-order valence-corrected chi connectivity index (χ1v) is 8.90. The minimum atomic E-state index is 0.155. The lowest BCUT2D eigenvalue weighted by atomic mass is 10.2. The van der Waals surface area contributed by atoms with Crippen molar-refractivity contribution < 1.29 is 4.42 Å². The minimum Gasteiger partial charge on any atom is -0.468 e. The van der Waals surface area contributed by atoms with E-state index in [1.807, 2.05) is 26.2 Å². The summed E-state index contributed by atoms with van der Waals surface area (Å²) in [6.07, 6.45) is 2.60. The average molecular weight is 350 g/mol. The van der Waals surface area contributed by atoms with Crippen molar-refractivity contribution in [3.05, 3.63) is 39.7 Å². The zero-order valence-corrected chi connectivity index (χ0v) is 15.9. The number of aryl methyl sites for hydroxylation is 2. The third kappa shape index (κ3) is 5.07. The number of furan rings is 1. The Morgan fingerprint density at radius 2 is 2.17 bits per heavy atom. The van der Waals surface area contributed by atoms with E-state index in [0.717, 1.165) is 41.9 Å². The van der Waals surface area contributed by atoms with E-state index in [1.165, 1.54) is 4.88 Å². The minimum absolute atomic E-state index is 0.155. The summed E-state index contributed by atoms with van der Waals surface area (Å²) in [6, 6.07) is 4.06. The number of nitrogens with one attached hydrogen (secondary N) is 2. The van der Waals surface area contributed by atoms with Gasteiger partial charge in [-0.15, -0.1) is 11.3 Å². The van der Waals surface area contributed by atoms with Crippen LogP contribution in [0, 0.1) is 13.8 Å². The molecule has 0 bridgehead atoms. The van der Waals surface area contributed by atoms with Gasteiger partial charge in [-0.3, -0.25) is 9.89 Å². The maximum Gasteiger partial charge on any atom is 0.191 e. The summed E-state index contributed by atoms with van der Waals surface area (Å²) in [5.74, 6) is 1.73. The number of rotatable bonds is 7. The molecule has 0 fully saturated rings. The maximum atomic E-state index is 5.53. The fourth-order valence-corrected chi connectivity index (χ4v) is 3.30. The van der Waals surface area contributed by atoms with Gasteiger partial charge in [-0.25, -0.2) is 4.98 Å². The lowest BCUT2D eigenvalue weighted by Gasteiger charge is -2.23. The van der Waals surface area contributed by atoms with Crippen molar-refractivity contribution in [2.24, 2.45) is 4.99 Å². The van der Waals surface area contributed by atoms with Crippen molar-refractivity contribution in [1.29, 1.82) is 0 Å². The number of hydrogen-bond donors (Lipinski definition) is 2. The van der Waals surface area contributed by atoms with E-state index in [1.54, 1.807) is 24.6 Å². The lowest BCUT2D eigenvalue weighted by Crippen LogP contribution is -2.42. The quantitative estimate of drug-likeness (QED) is 0.593. The normalized spacial score (nSPS) is 13.3. The van der Waals surface area contributed by atoms with Crippen molar-refractivity contribution in [3.8, 4) is 0 Å². The van der Waals surface area contributed by atoms with E-state index >= 15 is 0 Å². The lowest BCUT2D eigenvalue weighted by molar-refractivity contribution is 0.258. The maximum absolute atomic E-state index is 5.53. The highest BCUT2D eigenvalue weighted by atomic mass is 32.1. The Balaban J connectivity index is 1.81. The number of aliphatic imine (C=N–C) groups is 1. The van der Waals surface area contributed by atoms with Crippen LogP contribution in [0.5, 0.6) is 0 Å². The summed E-state index contributed by atoms with van der Waals surface area (Å²) in [5, 5.41) is 7.87. The molecular formula is C17H27N5OS. The van der Waals surface area contributed by atoms with Crippen LogP contribution in [0.4, 0.5) is 0 Å². The van der Waals surface area contributed by atoms with Gasteiger partial charge in [0.05, 0.1) is 23.0 Å². The van der Waals surface area contributed by atoms with Gasteiger partial charge in [-0.05, 0) is 40.1 Å². The van der Waals surface area contributed by atoms with Crippen LogP contribution < -0.4 is 10.6 Å². The molecule has 0 aliphatic carbocycles. The Hall–Kier alpha value is -1.86. The van der Waals surface area contributed by atoms with Crippen LogP contribution in [0.15, 0.2) is 27.8 Å². The van der Waals surface area contributed by atoms with Crippen molar-refractivity contribution in [2.75, 3.05) is 34.2 Å². The molecule has 2 heterocycles. The Labute approximate surface area is 148 Å². The van der Waals surface area contributed by atoms with Crippen molar-refractivity contribution in [2.45, 2.75) is 26.3 Å². The first kappa shape index (κ1) is 18.5. The molecule has 2 aromatic heterocycles. The second-order valence-electron chi connectivity index (χ2n) is 5.87.